The van der Waals surface area contributed by atoms with Crippen LogP contribution >= 0.6 is 0 Å². The number of nitrogens with one attached hydrogen (secondary N) is 3. The van der Waals surface area contributed by atoms with Crippen LogP contribution in [0.1, 0.15) is 20.3 Å². The monoisotopic (exact) mass is 330 g/mol. The van der Waals surface area contributed by atoms with Gasteiger partial charge >= 0.3 is 5.97 Å². The number of amides is 4. The van der Waals surface area contributed by atoms with Crippen molar-refractivity contribution in [3.05, 3.63) is 0 Å². The Labute approximate surface area is 133 Å². The molecule has 0 saturated carbocycles. The van der Waals surface area contributed by atoms with E-state index >= 15 is 0 Å². The fraction of sp³-hybridized carbons (Fsp3) is 0.615. The van der Waals surface area contributed by atoms with Crippen molar-refractivity contribution in [2.45, 2.75) is 26.3 Å². The first-order valence-electron chi connectivity index (χ1n) is 7.05. The fourth-order valence-corrected chi connectivity index (χ4v) is 1.65. The topological polar surface area (TPSA) is 145 Å². The summed E-state index contributed by atoms with van der Waals surface area (Å²) in [5.41, 5.74) is 0. The van der Waals surface area contributed by atoms with Gasteiger partial charge in [0.1, 0.15) is 12.6 Å². The van der Waals surface area contributed by atoms with Crippen LogP contribution < -0.4 is 16.0 Å². The van der Waals surface area contributed by atoms with Gasteiger partial charge < -0.3 is 26.0 Å². The van der Waals surface area contributed by atoms with Gasteiger partial charge in [-0.2, -0.15) is 0 Å². The maximum atomic E-state index is 11.9. The highest BCUT2D eigenvalue weighted by atomic mass is 16.4. The summed E-state index contributed by atoms with van der Waals surface area (Å²) >= 11 is 0. The van der Waals surface area contributed by atoms with Gasteiger partial charge in [0.05, 0.1) is 13.1 Å². The Morgan fingerprint density at radius 1 is 1.22 bits per heavy atom. The van der Waals surface area contributed by atoms with Crippen LogP contribution in [0.25, 0.3) is 0 Å². The van der Waals surface area contributed by atoms with Crippen LogP contribution in [0.4, 0.5) is 0 Å². The van der Waals surface area contributed by atoms with E-state index in [4.69, 9.17) is 5.11 Å². The number of carboxylic acid groups (broad SMARTS) is 1. The molecule has 0 aromatic carbocycles. The molecule has 0 rings (SSSR count). The molecule has 0 spiro atoms. The Morgan fingerprint density at radius 3 is 2.39 bits per heavy atom. The number of nitrogens with zero attached hydrogens (tertiary/aromatic N) is 1. The summed E-state index contributed by atoms with van der Waals surface area (Å²) in [5.74, 6) is -2.81. The van der Waals surface area contributed by atoms with Crippen molar-refractivity contribution in [2.75, 3.05) is 26.2 Å². The van der Waals surface area contributed by atoms with Crippen molar-refractivity contribution < 1.29 is 29.1 Å². The Balaban J connectivity index is 4.32. The molecule has 23 heavy (non-hydrogen) atoms. The summed E-state index contributed by atoms with van der Waals surface area (Å²) in [6, 6.07) is -0.900. The molecule has 0 fully saturated rings. The summed E-state index contributed by atoms with van der Waals surface area (Å²) in [5, 5.41) is 15.5. The Hall–Kier alpha value is -2.65. The summed E-state index contributed by atoms with van der Waals surface area (Å²) in [4.78, 5) is 56.8. The predicted octanol–water partition coefficient (Wildman–Crippen LogP) is -2.32. The van der Waals surface area contributed by atoms with Gasteiger partial charge in [0.15, 0.2) is 0 Å². The van der Waals surface area contributed by atoms with Gasteiger partial charge in [-0.05, 0) is 13.3 Å². The molecule has 0 aliphatic carbocycles. The highest BCUT2D eigenvalue weighted by molar-refractivity contribution is 5.91. The summed E-state index contributed by atoms with van der Waals surface area (Å²) in [7, 11) is 0. The zero-order chi connectivity index (χ0) is 17.8. The van der Waals surface area contributed by atoms with E-state index in [0.717, 1.165) is 4.90 Å². The minimum Gasteiger partial charge on any atom is -0.480 e. The fourth-order valence-electron chi connectivity index (χ4n) is 1.65. The van der Waals surface area contributed by atoms with Crippen LogP contribution in [0.5, 0.6) is 0 Å². The van der Waals surface area contributed by atoms with E-state index in [1.165, 1.54) is 6.92 Å². The lowest BCUT2D eigenvalue weighted by molar-refractivity contribution is -0.144. The molecule has 0 aliphatic heterocycles. The third-order valence-corrected chi connectivity index (χ3v) is 2.70. The summed E-state index contributed by atoms with van der Waals surface area (Å²) < 4.78 is 0. The molecule has 1 unspecified atom stereocenters. The number of rotatable bonds is 11. The minimum absolute atomic E-state index is 0.261. The first kappa shape index (κ1) is 20.3. The van der Waals surface area contributed by atoms with E-state index < -0.39 is 36.3 Å². The molecule has 0 radical (unpaired) electrons. The van der Waals surface area contributed by atoms with Crippen LogP contribution in [0.2, 0.25) is 0 Å². The van der Waals surface area contributed by atoms with E-state index in [9.17, 15) is 24.0 Å². The maximum Gasteiger partial charge on any atom is 0.323 e. The molecule has 10 nitrogen and oxygen atoms in total. The van der Waals surface area contributed by atoms with Crippen molar-refractivity contribution >= 4 is 30.1 Å². The second-order valence-corrected chi connectivity index (χ2v) is 4.71. The van der Waals surface area contributed by atoms with E-state index in [2.05, 4.69) is 16.0 Å². The van der Waals surface area contributed by atoms with Crippen molar-refractivity contribution in [3.8, 4) is 0 Å². The smallest absolute Gasteiger partial charge is 0.323 e. The van der Waals surface area contributed by atoms with E-state index in [1.54, 1.807) is 6.92 Å². The molecule has 10 heteroatoms. The van der Waals surface area contributed by atoms with E-state index in [0.29, 0.717) is 12.8 Å². The number of aliphatic carboxylic acids is 1. The molecular formula is C13H22N4O6. The van der Waals surface area contributed by atoms with Crippen LogP contribution in [0.15, 0.2) is 0 Å². The first-order valence-corrected chi connectivity index (χ1v) is 7.05. The maximum absolute atomic E-state index is 11.9. The second kappa shape index (κ2) is 11.0. The standard InChI is InChI=1S/C13H22N4O6/c1-3-4-17(7-12(21)22)11(20)6-15-13(23)9(2)16-10(19)5-14-8-18/h8-9H,3-7H2,1-2H3,(H,14,18)(H,15,23)(H,16,19)(H,21,22). The third-order valence-electron chi connectivity index (χ3n) is 2.70. The van der Waals surface area contributed by atoms with Gasteiger partial charge in [-0.3, -0.25) is 24.0 Å². The molecule has 130 valence electrons. The van der Waals surface area contributed by atoms with Crippen molar-refractivity contribution in [3.63, 3.8) is 0 Å². The lowest BCUT2D eigenvalue weighted by atomic mass is 10.3. The Bertz CT molecular complexity index is 454. The largest absolute Gasteiger partial charge is 0.480 e. The highest BCUT2D eigenvalue weighted by Crippen LogP contribution is 1.93. The minimum atomic E-state index is -1.14. The number of carbonyl (C=O) groups is 5. The lowest BCUT2D eigenvalue weighted by Crippen LogP contribution is -2.50. The molecule has 4 N–H and O–H groups in total. The molecule has 4 amide bonds. The second-order valence-electron chi connectivity index (χ2n) is 4.71. The van der Waals surface area contributed by atoms with Gasteiger partial charge in [0, 0.05) is 6.54 Å². The number of hydrogen-bond acceptors (Lipinski definition) is 5. The summed E-state index contributed by atoms with van der Waals surface area (Å²) in [6.07, 6.45) is 0.941. The van der Waals surface area contributed by atoms with Gasteiger partial charge in [0.25, 0.3) is 0 Å². The van der Waals surface area contributed by atoms with Crippen molar-refractivity contribution in [1.29, 1.82) is 0 Å². The number of carbonyl (C=O) groups excluding carboxylic acids is 4. The van der Waals surface area contributed by atoms with Crippen LogP contribution in [-0.4, -0.2) is 72.3 Å². The molecule has 0 aliphatic rings. The zero-order valence-electron chi connectivity index (χ0n) is 13.1. The van der Waals surface area contributed by atoms with Crippen LogP contribution in [0, 0.1) is 0 Å². The third kappa shape index (κ3) is 9.06. The van der Waals surface area contributed by atoms with E-state index in [1.807, 2.05) is 0 Å². The Morgan fingerprint density at radius 2 is 1.87 bits per heavy atom. The van der Waals surface area contributed by atoms with Gasteiger partial charge in [0.2, 0.25) is 24.1 Å². The highest BCUT2D eigenvalue weighted by Gasteiger charge is 2.19. The molecule has 0 aromatic rings. The molecule has 0 aromatic heterocycles. The quantitative estimate of drug-likeness (QED) is 0.313. The molecular weight excluding hydrogens is 308 g/mol. The van der Waals surface area contributed by atoms with E-state index in [-0.39, 0.29) is 19.6 Å². The lowest BCUT2D eigenvalue weighted by Gasteiger charge is -2.21. The summed E-state index contributed by atoms with van der Waals surface area (Å²) in [6.45, 7) is 2.42. The molecule has 0 bridgehead atoms. The van der Waals surface area contributed by atoms with Crippen LogP contribution in [-0.2, 0) is 24.0 Å². The van der Waals surface area contributed by atoms with Crippen LogP contribution in [0.3, 0.4) is 0 Å². The van der Waals surface area contributed by atoms with Gasteiger partial charge in [-0.1, -0.05) is 6.92 Å². The number of carboxylic acids is 1. The Kier molecular flexibility index (Phi) is 9.72. The van der Waals surface area contributed by atoms with Crippen molar-refractivity contribution in [2.24, 2.45) is 0 Å². The molecule has 0 saturated heterocycles. The average molecular weight is 330 g/mol. The molecule has 1 atom stereocenters. The predicted molar refractivity (Wildman–Crippen MR) is 79.2 cm³/mol. The van der Waals surface area contributed by atoms with Gasteiger partial charge in [-0.15, -0.1) is 0 Å². The number of hydrogen-bond donors (Lipinski definition) is 4. The SMILES string of the molecule is CCCN(CC(=O)O)C(=O)CNC(=O)C(C)NC(=O)CNC=O. The molecule has 0 heterocycles. The normalized spacial score (nSPS) is 11.0. The van der Waals surface area contributed by atoms with Crippen molar-refractivity contribution in [1.82, 2.24) is 20.9 Å². The van der Waals surface area contributed by atoms with Gasteiger partial charge in [-0.25, -0.2) is 0 Å². The zero-order valence-corrected chi connectivity index (χ0v) is 13.1. The first-order chi connectivity index (χ1) is 10.8. The average Bonchev–Trinajstić information content (AvgIpc) is 2.49.